The van der Waals surface area contributed by atoms with Gasteiger partial charge >= 0.3 is 0 Å². The van der Waals surface area contributed by atoms with E-state index in [1.165, 1.54) is 35.0 Å². The van der Waals surface area contributed by atoms with Gasteiger partial charge < -0.3 is 10.1 Å². The van der Waals surface area contributed by atoms with E-state index in [1.807, 2.05) is 10.6 Å². The SMILES string of the molecule is C=CCn1c(SCC(=O)Nc2cc(Cl)ccc2OC)nnc1-c1csc2c1CCCC2. The lowest BCUT2D eigenvalue weighted by Crippen LogP contribution is -2.15. The Balaban J connectivity index is 1.50. The van der Waals surface area contributed by atoms with Crippen molar-refractivity contribution in [2.24, 2.45) is 0 Å². The predicted octanol–water partition coefficient (Wildman–Crippen LogP) is 5.46. The van der Waals surface area contributed by atoms with Crippen LogP contribution in [0.25, 0.3) is 11.4 Å². The molecule has 4 rings (SSSR count). The molecule has 0 saturated carbocycles. The summed E-state index contributed by atoms with van der Waals surface area (Å²) < 4.78 is 7.32. The average Bonchev–Trinajstić information content (AvgIpc) is 3.36. The maximum atomic E-state index is 12.6. The highest BCUT2D eigenvalue weighted by atomic mass is 35.5. The summed E-state index contributed by atoms with van der Waals surface area (Å²) in [7, 11) is 1.55. The largest absolute Gasteiger partial charge is 0.495 e. The topological polar surface area (TPSA) is 69.0 Å². The molecule has 1 N–H and O–H groups in total. The first-order valence-corrected chi connectivity index (χ1v) is 12.2. The molecule has 1 aliphatic carbocycles. The number of nitrogens with zero attached hydrogens (tertiary/aromatic N) is 3. The van der Waals surface area contributed by atoms with Crippen molar-refractivity contribution in [3.05, 3.63) is 51.7 Å². The van der Waals surface area contributed by atoms with Gasteiger partial charge in [-0.3, -0.25) is 9.36 Å². The first-order chi connectivity index (χ1) is 15.1. The van der Waals surface area contributed by atoms with E-state index in [-0.39, 0.29) is 11.7 Å². The van der Waals surface area contributed by atoms with E-state index in [0.29, 0.717) is 28.2 Å². The highest BCUT2D eigenvalue weighted by molar-refractivity contribution is 7.99. The fraction of sp³-hybridized carbons (Fsp3) is 0.318. The summed E-state index contributed by atoms with van der Waals surface area (Å²) in [5.74, 6) is 1.42. The number of thiophene rings is 1. The molecule has 0 spiro atoms. The molecular formula is C22H23ClN4O2S2. The number of nitrogens with one attached hydrogen (secondary N) is 1. The van der Waals surface area contributed by atoms with Crippen LogP contribution in [0.1, 0.15) is 23.3 Å². The van der Waals surface area contributed by atoms with Crippen molar-refractivity contribution in [1.82, 2.24) is 14.8 Å². The fourth-order valence-electron chi connectivity index (χ4n) is 3.66. The van der Waals surface area contributed by atoms with Crippen LogP contribution in [0.5, 0.6) is 5.75 Å². The number of ether oxygens (including phenoxy) is 1. The zero-order valence-electron chi connectivity index (χ0n) is 17.2. The van der Waals surface area contributed by atoms with Crippen LogP contribution in [-0.2, 0) is 24.2 Å². The number of thioether (sulfide) groups is 1. The minimum Gasteiger partial charge on any atom is -0.495 e. The molecule has 1 aliphatic rings. The van der Waals surface area contributed by atoms with E-state index in [9.17, 15) is 4.79 Å². The van der Waals surface area contributed by atoms with E-state index in [4.69, 9.17) is 16.3 Å². The summed E-state index contributed by atoms with van der Waals surface area (Å²) in [6.07, 6.45) is 6.51. The number of amides is 1. The van der Waals surface area contributed by atoms with Gasteiger partial charge in [-0.05, 0) is 49.4 Å². The molecule has 0 unspecified atom stereocenters. The third-order valence-corrected chi connectivity index (χ3v) is 7.39. The lowest BCUT2D eigenvalue weighted by atomic mass is 9.95. The smallest absolute Gasteiger partial charge is 0.234 e. The standard InChI is InChI=1S/C22H23ClN4O2S2/c1-3-10-27-21(16-12-30-19-7-5-4-6-15(16)19)25-26-22(27)31-13-20(28)24-17-11-14(23)8-9-18(17)29-2/h3,8-9,11-12H,1,4-7,10,13H2,2H3,(H,24,28). The lowest BCUT2D eigenvalue weighted by Gasteiger charge is -2.13. The number of allylic oxidation sites excluding steroid dienone is 1. The van der Waals surface area contributed by atoms with Crippen LogP contribution in [0.3, 0.4) is 0 Å². The normalized spacial score (nSPS) is 13.0. The van der Waals surface area contributed by atoms with Crippen LogP contribution in [0.2, 0.25) is 5.02 Å². The number of hydrogen-bond acceptors (Lipinski definition) is 6. The van der Waals surface area contributed by atoms with E-state index in [0.717, 1.165) is 24.2 Å². The van der Waals surface area contributed by atoms with Crippen LogP contribution in [0, 0.1) is 0 Å². The van der Waals surface area contributed by atoms with Crippen molar-refractivity contribution in [3.63, 3.8) is 0 Å². The van der Waals surface area contributed by atoms with Gasteiger partial charge in [-0.2, -0.15) is 0 Å². The number of methoxy groups -OCH3 is 1. The van der Waals surface area contributed by atoms with Gasteiger partial charge in [0.1, 0.15) is 5.75 Å². The van der Waals surface area contributed by atoms with Crippen LogP contribution in [0.15, 0.2) is 41.4 Å². The Bertz CT molecular complexity index is 1110. The van der Waals surface area contributed by atoms with E-state index in [1.54, 1.807) is 36.6 Å². The van der Waals surface area contributed by atoms with Gasteiger partial charge in [0.15, 0.2) is 11.0 Å². The fourth-order valence-corrected chi connectivity index (χ4v) is 5.71. The van der Waals surface area contributed by atoms with Crippen LogP contribution < -0.4 is 10.1 Å². The highest BCUT2D eigenvalue weighted by Gasteiger charge is 2.22. The van der Waals surface area contributed by atoms with Gasteiger partial charge in [0, 0.05) is 27.4 Å². The van der Waals surface area contributed by atoms with E-state index in [2.05, 4.69) is 27.5 Å². The number of hydrogen-bond donors (Lipinski definition) is 1. The molecule has 0 saturated heterocycles. The predicted molar refractivity (Wildman–Crippen MR) is 128 cm³/mol. The number of anilines is 1. The Morgan fingerprint density at radius 2 is 2.23 bits per heavy atom. The maximum absolute atomic E-state index is 12.6. The number of carbonyl (C=O) groups excluding carboxylic acids is 1. The monoisotopic (exact) mass is 474 g/mol. The van der Waals surface area contributed by atoms with Crippen molar-refractivity contribution in [3.8, 4) is 17.1 Å². The van der Waals surface area contributed by atoms with Crippen molar-refractivity contribution in [2.75, 3.05) is 18.2 Å². The van der Waals surface area contributed by atoms with Crippen LogP contribution in [-0.4, -0.2) is 33.5 Å². The highest BCUT2D eigenvalue weighted by Crippen LogP contribution is 2.37. The quantitative estimate of drug-likeness (QED) is 0.346. The van der Waals surface area contributed by atoms with Crippen molar-refractivity contribution in [2.45, 2.75) is 37.4 Å². The molecule has 1 amide bonds. The molecule has 2 aromatic heterocycles. The van der Waals surface area contributed by atoms with Gasteiger partial charge in [0.2, 0.25) is 5.91 Å². The first-order valence-electron chi connectivity index (χ1n) is 10.0. The number of rotatable bonds is 8. The van der Waals surface area contributed by atoms with Crippen LogP contribution >= 0.6 is 34.7 Å². The molecule has 0 aliphatic heterocycles. The van der Waals surface area contributed by atoms with E-state index >= 15 is 0 Å². The van der Waals surface area contributed by atoms with Crippen LogP contribution in [0.4, 0.5) is 5.69 Å². The molecule has 0 radical (unpaired) electrons. The van der Waals surface area contributed by atoms with Gasteiger partial charge in [0.05, 0.1) is 18.6 Å². The second kappa shape index (κ2) is 9.89. The Hall–Kier alpha value is -2.29. The molecule has 0 fully saturated rings. The number of benzene rings is 1. The van der Waals surface area contributed by atoms with Crippen molar-refractivity contribution in [1.29, 1.82) is 0 Å². The molecular weight excluding hydrogens is 452 g/mol. The maximum Gasteiger partial charge on any atom is 0.234 e. The van der Waals surface area contributed by atoms with Gasteiger partial charge in [0.25, 0.3) is 0 Å². The number of halogens is 1. The second-order valence-corrected chi connectivity index (χ2v) is 9.49. The number of carbonyl (C=O) groups is 1. The minimum atomic E-state index is -0.173. The molecule has 0 atom stereocenters. The zero-order valence-corrected chi connectivity index (χ0v) is 19.6. The molecule has 9 heteroatoms. The summed E-state index contributed by atoms with van der Waals surface area (Å²) in [6.45, 7) is 4.46. The second-order valence-electron chi connectivity index (χ2n) is 7.15. The zero-order chi connectivity index (χ0) is 21.8. The van der Waals surface area contributed by atoms with Gasteiger partial charge in [-0.1, -0.05) is 29.4 Å². The Morgan fingerprint density at radius 1 is 1.39 bits per heavy atom. The number of aromatic nitrogens is 3. The lowest BCUT2D eigenvalue weighted by molar-refractivity contribution is -0.113. The average molecular weight is 475 g/mol. The first kappa shape index (κ1) is 21.9. The van der Waals surface area contributed by atoms with Gasteiger partial charge in [-0.25, -0.2) is 0 Å². The van der Waals surface area contributed by atoms with Crippen molar-refractivity contribution >= 4 is 46.3 Å². The molecule has 6 nitrogen and oxygen atoms in total. The third-order valence-electron chi connectivity index (χ3n) is 5.10. The van der Waals surface area contributed by atoms with E-state index < -0.39 is 0 Å². The molecule has 162 valence electrons. The minimum absolute atomic E-state index is 0.173. The number of aryl methyl sites for hydroxylation is 1. The molecule has 31 heavy (non-hydrogen) atoms. The Labute approximate surface area is 194 Å². The summed E-state index contributed by atoms with van der Waals surface area (Å²) in [6, 6.07) is 5.11. The van der Waals surface area contributed by atoms with Crippen molar-refractivity contribution < 1.29 is 9.53 Å². The molecule has 2 heterocycles. The molecule has 0 bridgehead atoms. The summed E-state index contributed by atoms with van der Waals surface area (Å²) in [4.78, 5) is 14.0. The number of fused-ring (bicyclic) bond motifs is 1. The third kappa shape index (κ3) is 4.81. The Kier molecular flexibility index (Phi) is 6.99. The summed E-state index contributed by atoms with van der Waals surface area (Å²) in [5, 5.41) is 15.1. The summed E-state index contributed by atoms with van der Waals surface area (Å²) >= 11 is 9.20. The Morgan fingerprint density at radius 3 is 3.03 bits per heavy atom. The van der Waals surface area contributed by atoms with Gasteiger partial charge in [-0.15, -0.1) is 28.1 Å². The summed E-state index contributed by atoms with van der Waals surface area (Å²) in [5.41, 5.74) is 3.10. The molecule has 3 aromatic rings. The molecule has 1 aromatic carbocycles.